The molecule has 0 heterocycles. The van der Waals surface area contributed by atoms with E-state index in [-0.39, 0.29) is 29.6 Å². The van der Waals surface area contributed by atoms with E-state index in [0.29, 0.717) is 0 Å². The predicted octanol–water partition coefficient (Wildman–Crippen LogP) is 1.97. The topological polar surface area (TPSA) is 57.5 Å². The maximum atomic E-state index is 8.56. The summed E-state index contributed by atoms with van der Waals surface area (Å²) < 4.78 is 0. The Hall–Kier alpha value is 0.270. The van der Waals surface area contributed by atoms with Gasteiger partial charge in [-0.1, -0.05) is 64.7 Å². The van der Waals surface area contributed by atoms with Crippen molar-refractivity contribution in [3.63, 3.8) is 0 Å². The minimum absolute atomic E-state index is 0. The summed E-state index contributed by atoms with van der Waals surface area (Å²) >= 11 is 0. The Morgan fingerprint density at radius 2 is 1.18 bits per heavy atom. The number of hydrogen-bond acceptors (Lipinski definition) is 1. The largest absolute Gasteiger partial charge is 1.00 e. The van der Waals surface area contributed by atoms with E-state index in [1.54, 1.807) is 0 Å². The summed E-state index contributed by atoms with van der Waals surface area (Å²) in [4.78, 5) is 8.56. The molecule has 0 aromatic heterocycles. The third kappa shape index (κ3) is 38.6. The van der Waals surface area contributed by atoms with Crippen LogP contribution >= 0.6 is 0 Å². The molecule has 3 nitrogen and oxygen atoms in total. The molecule has 0 rings (SSSR count). The number of carboxylic acid groups (broad SMARTS) is 2. The zero-order valence-corrected chi connectivity index (χ0v) is 13.6. The summed E-state index contributed by atoms with van der Waals surface area (Å²) in [5.74, 6) is 0. The maximum absolute atomic E-state index is 8.56. The number of carbonyl (C=O) groups is 1. The first-order valence-electron chi connectivity index (χ1n) is 6.36. The van der Waals surface area contributed by atoms with Crippen molar-refractivity contribution in [2.24, 2.45) is 0 Å². The third-order valence-electron chi connectivity index (χ3n) is 2.35. The van der Waals surface area contributed by atoms with E-state index < -0.39 is 6.16 Å². The van der Waals surface area contributed by atoms with Crippen LogP contribution in [0.1, 0.15) is 71.1 Å². The van der Waals surface area contributed by atoms with Crippen LogP contribution < -0.4 is 29.6 Å². The van der Waals surface area contributed by atoms with Crippen LogP contribution in [0.3, 0.4) is 0 Å². The van der Waals surface area contributed by atoms with Crippen LogP contribution in [-0.2, 0) is 0 Å². The van der Waals surface area contributed by atoms with Gasteiger partial charge in [0.05, 0.1) is 0 Å². The summed E-state index contributed by atoms with van der Waals surface area (Å²) in [6.45, 7) is 6.12. The minimum Gasteiger partial charge on any atom is -0.450 e. The van der Waals surface area contributed by atoms with E-state index in [1.807, 2.05) is 0 Å². The summed E-state index contributed by atoms with van der Waals surface area (Å²) in [5.41, 5.74) is 0. The molecule has 0 aromatic carbocycles. The monoisotopic (exact) mass is 254 g/mol. The quantitative estimate of drug-likeness (QED) is 0.376. The Kier molecular flexibility index (Phi) is 28.5. The molecule has 0 saturated carbocycles. The van der Waals surface area contributed by atoms with E-state index in [9.17, 15) is 0 Å². The molecule has 0 atom stereocenters. The van der Waals surface area contributed by atoms with Crippen LogP contribution in [0.5, 0.6) is 0 Å². The van der Waals surface area contributed by atoms with Gasteiger partial charge in [-0.2, -0.15) is 6.42 Å². The summed E-state index contributed by atoms with van der Waals surface area (Å²) in [6.07, 6.45) is 12.1. The van der Waals surface area contributed by atoms with Gasteiger partial charge in [-0.15, -0.1) is 0 Å². The molecule has 0 fully saturated rings. The Morgan fingerprint density at radius 1 is 0.882 bits per heavy atom. The van der Waals surface area contributed by atoms with E-state index in [4.69, 9.17) is 15.0 Å². The van der Waals surface area contributed by atoms with Gasteiger partial charge < -0.3 is 17.1 Å². The van der Waals surface area contributed by atoms with Crippen molar-refractivity contribution in [3.05, 3.63) is 6.92 Å². The van der Waals surface area contributed by atoms with Crippen molar-refractivity contribution in [1.82, 2.24) is 0 Å². The van der Waals surface area contributed by atoms with Gasteiger partial charge in [0.2, 0.25) is 0 Å². The minimum atomic E-state index is -1.83. The summed E-state index contributed by atoms with van der Waals surface area (Å²) in [5, 5.41) is 13.9. The van der Waals surface area contributed by atoms with Crippen molar-refractivity contribution in [2.45, 2.75) is 71.1 Å². The van der Waals surface area contributed by atoms with Crippen LogP contribution in [0.4, 0.5) is 4.79 Å². The number of rotatable bonds is 9. The molecule has 0 saturated heterocycles. The molecule has 0 aliphatic heterocycles. The molecule has 0 bridgehead atoms. The van der Waals surface area contributed by atoms with Crippen molar-refractivity contribution >= 4 is 6.16 Å². The third-order valence-corrected chi connectivity index (χ3v) is 2.35. The van der Waals surface area contributed by atoms with Crippen LogP contribution in [0.25, 0.3) is 0 Å². The maximum Gasteiger partial charge on any atom is 1.00 e. The summed E-state index contributed by atoms with van der Waals surface area (Å²) in [7, 11) is 0. The second-order valence-corrected chi connectivity index (χ2v) is 3.96. The van der Waals surface area contributed by atoms with Crippen LogP contribution in [0.2, 0.25) is 0 Å². The average molecular weight is 254 g/mol. The van der Waals surface area contributed by atoms with Crippen LogP contribution in [-0.4, -0.2) is 16.4 Å². The standard InChI is InChI=1S/C12H25.CH2O3.Na/c1-3-5-7-9-11-12-10-8-6-4-2;2-1(3)4;/h1,3-12H2,2H3;(H2,2,3,4);/q-1;;+1. The van der Waals surface area contributed by atoms with E-state index in [1.165, 1.54) is 57.8 Å². The molecule has 98 valence electrons. The van der Waals surface area contributed by atoms with E-state index >= 15 is 0 Å². The van der Waals surface area contributed by atoms with Crippen molar-refractivity contribution in [2.75, 3.05) is 0 Å². The van der Waals surface area contributed by atoms with Crippen molar-refractivity contribution < 1.29 is 44.6 Å². The van der Waals surface area contributed by atoms with Crippen molar-refractivity contribution in [1.29, 1.82) is 0 Å². The fraction of sp³-hybridized carbons (Fsp3) is 0.846. The normalized spacial score (nSPS) is 8.82. The molecular formula is C13H27NaO3. The second-order valence-electron chi connectivity index (χ2n) is 3.96. The van der Waals surface area contributed by atoms with Crippen molar-refractivity contribution in [3.8, 4) is 0 Å². The Labute approximate surface area is 128 Å². The van der Waals surface area contributed by atoms with Gasteiger partial charge in [0.1, 0.15) is 0 Å². The molecular weight excluding hydrogens is 227 g/mol. The number of unbranched alkanes of at least 4 members (excludes halogenated alkanes) is 9. The molecule has 0 aromatic rings. The van der Waals surface area contributed by atoms with Gasteiger partial charge in [0, 0.05) is 0 Å². The van der Waals surface area contributed by atoms with Crippen LogP contribution in [0, 0.1) is 6.92 Å². The predicted molar refractivity (Wildman–Crippen MR) is 67.9 cm³/mol. The molecule has 0 radical (unpaired) electrons. The molecule has 0 aliphatic carbocycles. The molecule has 4 heteroatoms. The van der Waals surface area contributed by atoms with Gasteiger partial charge >= 0.3 is 35.7 Å². The van der Waals surface area contributed by atoms with E-state index in [0.717, 1.165) is 6.42 Å². The zero-order chi connectivity index (χ0) is 12.6. The van der Waals surface area contributed by atoms with Gasteiger partial charge in [0.25, 0.3) is 0 Å². The smallest absolute Gasteiger partial charge is 0.450 e. The molecule has 2 N–H and O–H groups in total. The fourth-order valence-electron chi connectivity index (χ4n) is 1.49. The first kappa shape index (κ1) is 22.5. The Bertz CT molecular complexity index is 127. The second kappa shape index (κ2) is 21.5. The molecule has 0 aliphatic rings. The van der Waals surface area contributed by atoms with E-state index in [2.05, 4.69) is 13.8 Å². The van der Waals surface area contributed by atoms with Gasteiger partial charge in [-0.25, -0.2) is 4.79 Å². The van der Waals surface area contributed by atoms with Gasteiger partial charge in [-0.3, -0.25) is 0 Å². The average Bonchev–Trinajstić information content (AvgIpc) is 2.21. The molecule has 0 amide bonds. The Morgan fingerprint density at radius 3 is 1.47 bits per heavy atom. The fourth-order valence-corrected chi connectivity index (χ4v) is 1.49. The summed E-state index contributed by atoms with van der Waals surface area (Å²) in [6, 6.07) is 0. The molecule has 17 heavy (non-hydrogen) atoms. The molecule has 0 unspecified atom stereocenters. The van der Waals surface area contributed by atoms with Gasteiger partial charge in [0.15, 0.2) is 0 Å². The SMILES string of the molecule is O=C(O)O.[CH2-]CCCCCCCCCCC.[Na+]. The van der Waals surface area contributed by atoms with Gasteiger partial charge in [-0.05, 0) is 0 Å². The first-order chi connectivity index (χ1) is 7.65. The Balaban J connectivity index is -0.000000340. The first-order valence-corrected chi connectivity index (χ1v) is 6.36. The number of hydrogen-bond donors (Lipinski definition) is 2. The zero-order valence-electron chi connectivity index (χ0n) is 11.6. The van der Waals surface area contributed by atoms with Crippen LogP contribution in [0.15, 0.2) is 0 Å². The molecule has 0 spiro atoms.